The van der Waals surface area contributed by atoms with E-state index in [0.717, 1.165) is 46.3 Å². The van der Waals surface area contributed by atoms with Gasteiger partial charge in [0.2, 0.25) is 0 Å². The first-order valence-electron chi connectivity index (χ1n) is 12.0. The highest BCUT2D eigenvalue weighted by molar-refractivity contribution is 6.11. The lowest BCUT2D eigenvalue weighted by atomic mass is 10.0. The highest BCUT2D eigenvalue weighted by Gasteiger charge is 2.54. The number of fused-ring (bicyclic) bond motifs is 3. The van der Waals surface area contributed by atoms with Crippen molar-refractivity contribution in [1.82, 2.24) is 24.6 Å². The molecule has 176 valence electrons. The zero-order valence-corrected chi connectivity index (χ0v) is 19.7. The number of nitrogens with one attached hydrogen (secondary N) is 1. The topological polar surface area (TPSA) is 88.3 Å². The molecule has 2 unspecified atom stereocenters. The van der Waals surface area contributed by atoms with E-state index in [1.165, 1.54) is 16.7 Å². The van der Waals surface area contributed by atoms with Gasteiger partial charge in [0.05, 0.1) is 5.52 Å². The van der Waals surface area contributed by atoms with Crippen LogP contribution in [-0.2, 0) is 11.2 Å². The van der Waals surface area contributed by atoms with E-state index >= 15 is 0 Å². The minimum absolute atomic E-state index is 0.0244. The van der Waals surface area contributed by atoms with Gasteiger partial charge in [-0.15, -0.1) is 0 Å². The molecule has 1 aliphatic heterocycles. The molecule has 0 spiro atoms. The smallest absolute Gasteiger partial charge is 0.254 e. The fraction of sp³-hybridized carbons (Fsp3) is 0.179. The summed E-state index contributed by atoms with van der Waals surface area (Å²) in [7, 11) is 0. The predicted molar refractivity (Wildman–Crippen MR) is 138 cm³/mol. The molecule has 3 aromatic heterocycles. The number of pyridine rings is 1. The summed E-state index contributed by atoms with van der Waals surface area (Å²) in [4.78, 5) is 27.8. The van der Waals surface area contributed by atoms with E-state index in [0.29, 0.717) is 11.7 Å². The quantitative estimate of drug-likeness (QED) is 0.375. The maximum Gasteiger partial charge on any atom is 0.254 e. The molecule has 2 aromatic carbocycles. The van der Waals surface area contributed by atoms with Gasteiger partial charge in [0.15, 0.2) is 5.65 Å². The zero-order valence-electron chi connectivity index (χ0n) is 19.7. The van der Waals surface area contributed by atoms with Crippen molar-refractivity contribution in [3.63, 3.8) is 0 Å². The molecule has 36 heavy (non-hydrogen) atoms. The maximum absolute atomic E-state index is 12.7. The number of amides is 1. The number of aryl methyl sites for hydroxylation is 1. The van der Waals surface area contributed by atoms with E-state index in [4.69, 9.17) is 0 Å². The second-order valence-electron chi connectivity index (χ2n) is 9.57. The Morgan fingerprint density at radius 1 is 1.06 bits per heavy atom. The lowest BCUT2D eigenvalue weighted by Gasteiger charge is -2.19. The van der Waals surface area contributed by atoms with Gasteiger partial charge in [0.25, 0.3) is 5.91 Å². The van der Waals surface area contributed by atoms with Gasteiger partial charge in [0, 0.05) is 40.5 Å². The maximum atomic E-state index is 12.7. The number of anilines is 3. The minimum atomic E-state index is 0.0244. The van der Waals surface area contributed by atoms with Gasteiger partial charge in [-0.2, -0.15) is 5.10 Å². The molecule has 1 N–H and O–H groups in total. The van der Waals surface area contributed by atoms with Crippen LogP contribution in [0.1, 0.15) is 23.1 Å². The summed E-state index contributed by atoms with van der Waals surface area (Å²) in [6.07, 6.45) is 6.87. The number of hydrogen-bond acceptors (Lipinski definition) is 6. The van der Waals surface area contributed by atoms with Gasteiger partial charge >= 0.3 is 0 Å². The predicted octanol–water partition coefficient (Wildman–Crippen LogP) is 4.61. The molecule has 1 saturated carbocycles. The number of nitrogens with zero attached hydrogens (tertiary/aromatic N) is 6. The molecular formula is C28H23N7O. The van der Waals surface area contributed by atoms with Crippen molar-refractivity contribution in [2.45, 2.75) is 25.8 Å². The standard InChI is InChI=1S/C28H23N7O/c1-16-9-20(4-3-19(16)10-18-7-8-34-26(11-18)30-15-32-34)33-27-23-12-21(5-6-24(23)29-14-31-27)35-25-13-22(25)17(2)28(35)36/h3-9,11-12,14-15,22,25H,2,10,13H2,1H3,(H,29,31,33). The second-order valence-corrected chi connectivity index (χ2v) is 9.57. The van der Waals surface area contributed by atoms with Crippen LogP contribution in [0.2, 0.25) is 0 Å². The highest BCUT2D eigenvalue weighted by atomic mass is 16.2. The fourth-order valence-electron chi connectivity index (χ4n) is 5.20. The third kappa shape index (κ3) is 3.33. The van der Waals surface area contributed by atoms with Gasteiger partial charge in [-0.25, -0.2) is 19.5 Å². The Morgan fingerprint density at radius 3 is 2.81 bits per heavy atom. The first-order chi connectivity index (χ1) is 17.5. The molecule has 0 radical (unpaired) electrons. The van der Waals surface area contributed by atoms with Gasteiger partial charge in [-0.05, 0) is 78.9 Å². The summed E-state index contributed by atoms with van der Waals surface area (Å²) in [5.74, 6) is 1.04. The molecule has 4 heterocycles. The van der Waals surface area contributed by atoms with Gasteiger partial charge < -0.3 is 10.2 Å². The number of carbonyl (C=O) groups is 1. The van der Waals surface area contributed by atoms with Crippen LogP contribution in [0.15, 0.2) is 79.5 Å². The highest BCUT2D eigenvalue weighted by Crippen LogP contribution is 2.50. The van der Waals surface area contributed by atoms with Gasteiger partial charge in [0.1, 0.15) is 18.5 Å². The van der Waals surface area contributed by atoms with Crippen LogP contribution in [0.3, 0.4) is 0 Å². The third-order valence-electron chi connectivity index (χ3n) is 7.27. The number of benzene rings is 2. The Kier molecular flexibility index (Phi) is 4.44. The summed E-state index contributed by atoms with van der Waals surface area (Å²) in [5.41, 5.74) is 7.81. The molecule has 2 atom stereocenters. The number of rotatable bonds is 5. The van der Waals surface area contributed by atoms with Crippen molar-refractivity contribution in [3.05, 3.63) is 96.2 Å². The summed E-state index contributed by atoms with van der Waals surface area (Å²) in [5, 5.41) is 8.50. The van der Waals surface area contributed by atoms with Crippen molar-refractivity contribution in [1.29, 1.82) is 0 Å². The summed E-state index contributed by atoms with van der Waals surface area (Å²) in [6, 6.07) is 16.6. The monoisotopic (exact) mass is 473 g/mol. The minimum Gasteiger partial charge on any atom is -0.340 e. The molecule has 1 aliphatic carbocycles. The van der Waals surface area contributed by atoms with E-state index in [1.807, 2.05) is 29.3 Å². The second kappa shape index (κ2) is 7.71. The van der Waals surface area contributed by atoms with Crippen LogP contribution in [0.5, 0.6) is 0 Å². The Labute approximate surface area is 207 Å². The number of carbonyl (C=O) groups excluding carboxylic acids is 1. The van der Waals surface area contributed by atoms with Crippen LogP contribution in [0, 0.1) is 12.8 Å². The lowest BCUT2D eigenvalue weighted by molar-refractivity contribution is -0.114. The largest absolute Gasteiger partial charge is 0.340 e. The molecule has 0 bridgehead atoms. The normalized spacial score (nSPS) is 18.8. The van der Waals surface area contributed by atoms with Crippen molar-refractivity contribution < 1.29 is 4.79 Å². The molecule has 2 fully saturated rings. The molecule has 8 heteroatoms. The number of piperidine rings is 1. The molecule has 1 saturated heterocycles. The van der Waals surface area contributed by atoms with E-state index in [9.17, 15) is 4.79 Å². The van der Waals surface area contributed by atoms with Crippen LogP contribution in [0.25, 0.3) is 16.6 Å². The first kappa shape index (κ1) is 20.8. The zero-order chi connectivity index (χ0) is 24.4. The molecule has 2 aliphatic rings. The Morgan fingerprint density at radius 2 is 1.97 bits per heavy atom. The molecule has 7 rings (SSSR count). The average Bonchev–Trinajstić information content (AvgIpc) is 3.44. The van der Waals surface area contributed by atoms with Crippen molar-refractivity contribution in [2.24, 2.45) is 5.92 Å². The SMILES string of the molecule is C=C1C(=O)N(c2ccc3ncnc(Nc4ccc(Cc5ccn6ncnc6c5)c(C)c4)c3c2)C2CC12. The van der Waals surface area contributed by atoms with Crippen LogP contribution in [0.4, 0.5) is 17.2 Å². The van der Waals surface area contributed by atoms with Crippen molar-refractivity contribution >= 4 is 39.6 Å². The van der Waals surface area contributed by atoms with Gasteiger partial charge in [-0.3, -0.25) is 4.79 Å². The molecule has 5 aromatic rings. The van der Waals surface area contributed by atoms with Crippen LogP contribution < -0.4 is 10.2 Å². The molecule has 8 nitrogen and oxygen atoms in total. The lowest BCUT2D eigenvalue weighted by Crippen LogP contribution is -2.28. The van der Waals surface area contributed by atoms with Crippen LogP contribution in [-0.4, -0.2) is 36.5 Å². The molecular weight excluding hydrogens is 450 g/mol. The van der Waals surface area contributed by atoms with Crippen LogP contribution >= 0.6 is 0 Å². The Hall–Kier alpha value is -4.59. The average molecular weight is 474 g/mol. The van der Waals surface area contributed by atoms with E-state index in [-0.39, 0.29) is 11.9 Å². The summed E-state index contributed by atoms with van der Waals surface area (Å²) < 4.78 is 1.76. The fourth-order valence-corrected chi connectivity index (χ4v) is 5.20. The number of aromatic nitrogens is 5. The van der Waals surface area contributed by atoms with Crippen molar-refractivity contribution in [3.8, 4) is 0 Å². The van der Waals surface area contributed by atoms with E-state index in [2.05, 4.69) is 69.2 Å². The Balaban J connectivity index is 1.17. The van der Waals surface area contributed by atoms with E-state index in [1.54, 1.807) is 17.2 Å². The third-order valence-corrected chi connectivity index (χ3v) is 7.27. The van der Waals surface area contributed by atoms with Gasteiger partial charge in [-0.1, -0.05) is 12.6 Å². The summed E-state index contributed by atoms with van der Waals surface area (Å²) in [6.45, 7) is 6.10. The summed E-state index contributed by atoms with van der Waals surface area (Å²) >= 11 is 0. The van der Waals surface area contributed by atoms with E-state index < -0.39 is 0 Å². The first-order valence-corrected chi connectivity index (χ1v) is 12.0. The van der Waals surface area contributed by atoms with Crippen molar-refractivity contribution in [2.75, 3.05) is 10.2 Å². The number of hydrogen-bond donors (Lipinski definition) is 1. The Bertz CT molecular complexity index is 1710. The molecule has 1 amide bonds.